The highest BCUT2D eigenvalue weighted by Crippen LogP contribution is 2.34. The zero-order valence-electron chi connectivity index (χ0n) is 8.96. The van der Waals surface area contributed by atoms with Crippen molar-refractivity contribution in [3.8, 4) is 0 Å². The first-order valence-electron chi connectivity index (χ1n) is 5.41. The first-order chi connectivity index (χ1) is 6.68. The van der Waals surface area contributed by atoms with E-state index in [1.807, 2.05) is 0 Å². The van der Waals surface area contributed by atoms with Gasteiger partial charge in [0.15, 0.2) is 0 Å². The summed E-state index contributed by atoms with van der Waals surface area (Å²) in [5.74, 6) is 0.578. The fourth-order valence-corrected chi connectivity index (χ4v) is 2.03. The summed E-state index contributed by atoms with van der Waals surface area (Å²) < 4.78 is 0. The Balaban J connectivity index is 2.14. The number of hydrogen-bond donors (Lipinski definition) is 1. The summed E-state index contributed by atoms with van der Waals surface area (Å²) in [6, 6.07) is 6.33. The topological polar surface area (TPSA) is 20.2 Å². The van der Waals surface area contributed by atoms with Crippen molar-refractivity contribution in [2.45, 2.75) is 39.2 Å². The van der Waals surface area contributed by atoms with E-state index >= 15 is 0 Å². The van der Waals surface area contributed by atoms with Gasteiger partial charge in [-0.25, -0.2) is 0 Å². The molecule has 0 saturated heterocycles. The van der Waals surface area contributed by atoms with Gasteiger partial charge in [-0.3, -0.25) is 0 Å². The molecule has 1 N–H and O–H groups in total. The molecular weight excluding hydrogens is 172 g/mol. The van der Waals surface area contributed by atoms with Crippen LogP contribution in [0.5, 0.6) is 0 Å². The summed E-state index contributed by atoms with van der Waals surface area (Å²) in [7, 11) is 0. The monoisotopic (exact) mass is 190 g/mol. The largest absolute Gasteiger partial charge is 0.392 e. The van der Waals surface area contributed by atoms with Crippen LogP contribution in [0.2, 0.25) is 0 Å². The zero-order chi connectivity index (χ0) is 10.1. The molecule has 1 aromatic rings. The van der Waals surface area contributed by atoms with E-state index in [0.29, 0.717) is 5.92 Å². The summed E-state index contributed by atoms with van der Waals surface area (Å²) in [6.45, 7) is 4.25. The highest BCUT2D eigenvalue weighted by Gasteiger charge is 2.30. The second-order valence-electron chi connectivity index (χ2n) is 4.48. The van der Waals surface area contributed by atoms with Gasteiger partial charge in [0.25, 0.3) is 0 Å². The average molecular weight is 190 g/mol. The third kappa shape index (κ3) is 1.98. The molecule has 0 aromatic heterocycles. The summed E-state index contributed by atoms with van der Waals surface area (Å²) in [4.78, 5) is 0. The van der Waals surface area contributed by atoms with Gasteiger partial charge in [0.05, 0.1) is 6.10 Å². The molecule has 0 heterocycles. The zero-order valence-corrected chi connectivity index (χ0v) is 8.96. The van der Waals surface area contributed by atoms with Crippen LogP contribution >= 0.6 is 0 Å². The van der Waals surface area contributed by atoms with Crippen LogP contribution in [-0.2, 0) is 6.42 Å². The van der Waals surface area contributed by atoms with Crippen molar-refractivity contribution in [2.24, 2.45) is 5.92 Å². The van der Waals surface area contributed by atoms with Crippen LogP contribution in [0, 0.1) is 19.8 Å². The predicted octanol–water partition coefficient (Wildman–Crippen LogP) is 2.62. The normalized spacial score (nSPS) is 18.2. The molecule has 14 heavy (non-hydrogen) atoms. The van der Waals surface area contributed by atoms with E-state index < -0.39 is 0 Å². The van der Waals surface area contributed by atoms with E-state index in [1.165, 1.54) is 29.5 Å². The molecule has 1 aliphatic carbocycles. The van der Waals surface area contributed by atoms with Crippen molar-refractivity contribution in [1.29, 1.82) is 0 Å². The van der Waals surface area contributed by atoms with E-state index in [-0.39, 0.29) is 6.10 Å². The number of rotatable bonds is 3. The number of aliphatic hydroxyl groups excluding tert-OH is 1. The first kappa shape index (κ1) is 9.72. The van der Waals surface area contributed by atoms with Gasteiger partial charge in [-0.2, -0.15) is 0 Å². The lowest BCUT2D eigenvalue weighted by Gasteiger charge is -2.13. The van der Waals surface area contributed by atoms with Crippen LogP contribution in [0.25, 0.3) is 0 Å². The molecule has 0 aliphatic heterocycles. The number of aryl methyl sites for hydroxylation is 2. The molecule has 0 amide bonds. The van der Waals surface area contributed by atoms with Crippen molar-refractivity contribution in [3.63, 3.8) is 0 Å². The van der Waals surface area contributed by atoms with Gasteiger partial charge in [-0.15, -0.1) is 0 Å². The minimum Gasteiger partial charge on any atom is -0.392 e. The Morgan fingerprint density at radius 3 is 2.36 bits per heavy atom. The third-order valence-corrected chi connectivity index (χ3v) is 3.22. The minimum atomic E-state index is -0.116. The molecule has 1 nitrogen and oxygen atoms in total. The molecule has 1 atom stereocenters. The summed E-state index contributed by atoms with van der Waals surface area (Å²) in [6.07, 6.45) is 3.15. The molecule has 1 unspecified atom stereocenters. The maximum atomic E-state index is 9.89. The van der Waals surface area contributed by atoms with Crippen molar-refractivity contribution in [2.75, 3.05) is 0 Å². The van der Waals surface area contributed by atoms with Crippen LogP contribution in [0.15, 0.2) is 18.2 Å². The van der Waals surface area contributed by atoms with Crippen LogP contribution in [0.1, 0.15) is 29.5 Å². The van der Waals surface area contributed by atoms with Crippen molar-refractivity contribution < 1.29 is 5.11 Å². The van der Waals surface area contributed by atoms with Crippen molar-refractivity contribution in [1.82, 2.24) is 0 Å². The molecule has 0 radical (unpaired) electrons. The standard InChI is InChI=1S/C13H18O/c1-9-4-3-5-10(2)12(9)8-13(14)11-6-7-11/h3-5,11,13-14H,6-8H2,1-2H3. The van der Waals surface area contributed by atoms with E-state index in [1.54, 1.807) is 0 Å². The highest BCUT2D eigenvalue weighted by molar-refractivity contribution is 5.34. The molecule has 1 heteroatoms. The first-order valence-corrected chi connectivity index (χ1v) is 5.41. The SMILES string of the molecule is Cc1cccc(C)c1CC(O)C1CC1. The minimum absolute atomic E-state index is 0.116. The molecule has 0 bridgehead atoms. The van der Waals surface area contributed by atoms with E-state index in [0.717, 1.165) is 6.42 Å². The molecule has 2 rings (SSSR count). The Bertz CT molecular complexity index is 306. The second-order valence-corrected chi connectivity index (χ2v) is 4.48. The van der Waals surface area contributed by atoms with E-state index in [9.17, 15) is 5.11 Å². The van der Waals surface area contributed by atoms with Crippen molar-refractivity contribution >= 4 is 0 Å². The number of benzene rings is 1. The van der Waals surface area contributed by atoms with Gasteiger partial charge in [0, 0.05) is 0 Å². The Morgan fingerprint density at radius 2 is 1.86 bits per heavy atom. The summed E-state index contributed by atoms with van der Waals surface area (Å²) in [5.41, 5.74) is 3.96. The summed E-state index contributed by atoms with van der Waals surface area (Å²) in [5, 5.41) is 9.89. The molecule has 1 fully saturated rings. The van der Waals surface area contributed by atoms with Gasteiger partial charge >= 0.3 is 0 Å². The summed E-state index contributed by atoms with van der Waals surface area (Å²) >= 11 is 0. The lowest BCUT2D eigenvalue weighted by atomic mass is 9.96. The Morgan fingerprint density at radius 1 is 1.29 bits per heavy atom. The molecule has 1 saturated carbocycles. The third-order valence-electron chi connectivity index (χ3n) is 3.22. The van der Waals surface area contributed by atoms with Crippen LogP contribution in [-0.4, -0.2) is 11.2 Å². The van der Waals surface area contributed by atoms with E-state index in [4.69, 9.17) is 0 Å². The maximum Gasteiger partial charge on any atom is 0.0608 e. The van der Waals surface area contributed by atoms with E-state index in [2.05, 4.69) is 32.0 Å². The Labute approximate surface area is 85.8 Å². The lowest BCUT2D eigenvalue weighted by Crippen LogP contribution is -2.14. The molecule has 1 aliphatic rings. The Kier molecular flexibility index (Phi) is 2.60. The molecule has 0 spiro atoms. The van der Waals surface area contributed by atoms with Crippen LogP contribution in [0.3, 0.4) is 0 Å². The second kappa shape index (κ2) is 3.74. The number of hydrogen-bond acceptors (Lipinski definition) is 1. The van der Waals surface area contributed by atoms with Crippen molar-refractivity contribution in [3.05, 3.63) is 34.9 Å². The van der Waals surface area contributed by atoms with Crippen LogP contribution < -0.4 is 0 Å². The smallest absolute Gasteiger partial charge is 0.0608 e. The number of aliphatic hydroxyl groups is 1. The van der Waals surface area contributed by atoms with Gasteiger partial charge < -0.3 is 5.11 Å². The average Bonchev–Trinajstić information content (AvgIpc) is 2.94. The fraction of sp³-hybridized carbons (Fsp3) is 0.538. The van der Waals surface area contributed by atoms with Gasteiger partial charge in [-0.05, 0) is 55.7 Å². The lowest BCUT2D eigenvalue weighted by molar-refractivity contribution is 0.151. The van der Waals surface area contributed by atoms with Crippen LogP contribution in [0.4, 0.5) is 0 Å². The quantitative estimate of drug-likeness (QED) is 0.776. The van der Waals surface area contributed by atoms with Gasteiger partial charge in [0.2, 0.25) is 0 Å². The fourth-order valence-electron chi connectivity index (χ4n) is 2.03. The maximum absolute atomic E-state index is 9.89. The van der Waals surface area contributed by atoms with Gasteiger partial charge in [-0.1, -0.05) is 18.2 Å². The predicted molar refractivity (Wildman–Crippen MR) is 58.4 cm³/mol. The molecule has 76 valence electrons. The molecule has 1 aromatic carbocycles. The van der Waals surface area contributed by atoms with Gasteiger partial charge in [0.1, 0.15) is 0 Å². The molecular formula is C13H18O. The highest BCUT2D eigenvalue weighted by atomic mass is 16.3. The Hall–Kier alpha value is -0.820.